The minimum atomic E-state index is -1.28. The average Bonchev–Trinajstić information content (AvgIpc) is 2.43. The number of anilines is 1. The lowest BCUT2D eigenvalue weighted by molar-refractivity contribution is -0.385. The van der Waals surface area contributed by atoms with Crippen molar-refractivity contribution < 1.29 is 14.8 Å². The number of aromatic carboxylic acids is 1. The Kier molecular flexibility index (Phi) is 5.49. The van der Waals surface area contributed by atoms with Crippen LogP contribution in [0.25, 0.3) is 0 Å². The molecule has 1 unspecified atom stereocenters. The molecule has 0 spiro atoms. The van der Waals surface area contributed by atoms with Gasteiger partial charge in [-0.15, -0.1) is 0 Å². The van der Waals surface area contributed by atoms with E-state index < -0.39 is 10.9 Å². The number of carboxylic acid groups (broad SMARTS) is 1. The van der Waals surface area contributed by atoms with E-state index in [1.54, 1.807) is 6.07 Å². The Morgan fingerprint density at radius 3 is 2.55 bits per heavy atom. The largest absolute Gasteiger partial charge is 0.477 e. The molecule has 110 valence electrons. The van der Waals surface area contributed by atoms with E-state index in [4.69, 9.17) is 5.11 Å². The molecule has 1 N–H and O–H groups in total. The number of benzene rings is 1. The van der Waals surface area contributed by atoms with Crippen molar-refractivity contribution in [1.82, 2.24) is 0 Å². The topological polar surface area (TPSA) is 83.7 Å². The molecule has 0 saturated carbocycles. The van der Waals surface area contributed by atoms with Crippen molar-refractivity contribution in [2.75, 3.05) is 18.0 Å². The van der Waals surface area contributed by atoms with Gasteiger partial charge >= 0.3 is 5.97 Å². The zero-order valence-corrected chi connectivity index (χ0v) is 12.0. The maximum atomic E-state index is 11.1. The maximum Gasteiger partial charge on any atom is 0.342 e. The Morgan fingerprint density at radius 2 is 2.10 bits per heavy atom. The standard InChI is InChI=1S/C14H20N2O4/c1-4-10(3)9-15(5-2)11-6-7-13(16(19)20)12(8-11)14(17)18/h6-8,10H,4-5,9H2,1-3H3,(H,17,18). The quantitative estimate of drug-likeness (QED) is 0.612. The Morgan fingerprint density at radius 1 is 1.45 bits per heavy atom. The Balaban J connectivity index is 3.15. The SMILES string of the molecule is CCC(C)CN(CC)c1ccc([N+](=O)[O-])c(C(=O)O)c1. The number of hydrogen-bond acceptors (Lipinski definition) is 4. The van der Waals surface area contributed by atoms with E-state index in [1.807, 2.05) is 11.8 Å². The first-order valence-electron chi connectivity index (χ1n) is 6.67. The minimum Gasteiger partial charge on any atom is -0.477 e. The van der Waals surface area contributed by atoms with E-state index >= 15 is 0 Å². The number of hydrogen-bond donors (Lipinski definition) is 1. The van der Waals surface area contributed by atoms with Gasteiger partial charge in [0.05, 0.1) is 4.92 Å². The molecule has 6 nitrogen and oxygen atoms in total. The summed E-state index contributed by atoms with van der Waals surface area (Å²) in [7, 11) is 0. The summed E-state index contributed by atoms with van der Waals surface area (Å²) in [5.41, 5.74) is 0.0618. The van der Waals surface area contributed by atoms with Gasteiger partial charge in [-0.2, -0.15) is 0 Å². The van der Waals surface area contributed by atoms with Crippen LogP contribution >= 0.6 is 0 Å². The number of rotatable bonds is 7. The highest BCUT2D eigenvalue weighted by Crippen LogP contribution is 2.26. The predicted octanol–water partition coefficient (Wildman–Crippen LogP) is 3.17. The van der Waals surface area contributed by atoms with Gasteiger partial charge in [0.15, 0.2) is 0 Å². The van der Waals surface area contributed by atoms with Crippen molar-refractivity contribution in [2.45, 2.75) is 27.2 Å². The molecule has 0 aromatic heterocycles. The van der Waals surface area contributed by atoms with Crippen molar-refractivity contribution in [2.24, 2.45) is 5.92 Å². The van der Waals surface area contributed by atoms with Crippen molar-refractivity contribution >= 4 is 17.3 Å². The highest BCUT2D eigenvalue weighted by molar-refractivity contribution is 5.93. The van der Waals surface area contributed by atoms with Crippen LogP contribution in [0.3, 0.4) is 0 Å². The fourth-order valence-corrected chi connectivity index (χ4v) is 1.97. The summed E-state index contributed by atoms with van der Waals surface area (Å²) in [4.78, 5) is 23.3. The van der Waals surface area contributed by atoms with E-state index in [0.717, 1.165) is 19.5 Å². The molecular formula is C14H20N2O4. The van der Waals surface area contributed by atoms with Crippen LogP contribution in [0.4, 0.5) is 11.4 Å². The van der Waals surface area contributed by atoms with Gasteiger partial charge in [-0.3, -0.25) is 10.1 Å². The number of carbonyl (C=O) groups is 1. The van der Waals surface area contributed by atoms with E-state index in [2.05, 4.69) is 13.8 Å². The molecule has 1 rings (SSSR count). The molecule has 0 amide bonds. The molecule has 0 aliphatic heterocycles. The molecular weight excluding hydrogens is 260 g/mol. The molecule has 0 aliphatic rings. The van der Waals surface area contributed by atoms with Crippen LogP contribution in [0.2, 0.25) is 0 Å². The smallest absolute Gasteiger partial charge is 0.342 e. The molecule has 1 aromatic carbocycles. The third-order valence-electron chi connectivity index (χ3n) is 3.38. The summed E-state index contributed by atoms with van der Waals surface area (Å²) in [6.07, 6.45) is 1.02. The molecule has 1 aromatic rings. The first-order chi connectivity index (χ1) is 9.40. The van der Waals surface area contributed by atoms with Gasteiger partial charge in [-0.25, -0.2) is 4.79 Å². The van der Waals surface area contributed by atoms with Crippen LogP contribution in [0, 0.1) is 16.0 Å². The number of nitro benzene ring substituents is 1. The van der Waals surface area contributed by atoms with Crippen molar-refractivity contribution in [3.05, 3.63) is 33.9 Å². The van der Waals surface area contributed by atoms with Gasteiger partial charge in [-0.1, -0.05) is 20.3 Å². The minimum absolute atomic E-state index is 0.268. The van der Waals surface area contributed by atoms with Crippen LogP contribution in [-0.4, -0.2) is 29.1 Å². The normalized spacial score (nSPS) is 11.9. The first-order valence-corrected chi connectivity index (χ1v) is 6.67. The van der Waals surface area contributed by atoms with Crippen LogP contribution in [-0.2, 0) is 0 Å². The summed E-state index contributed by atoms with van der Waals surface area (Å²) < 4.78 is 0. The predicted molar refractivity (Wildman–Crippen MR) is 77.4 cm³/mol. The van der Waals surface area contributed by atoms with E-state index in [1.165, 1.54) is 12.1 Å². The van der Waals surface area contributed by atoms with Crippen molar-refractivity contribution in [1.29, 1.82) is 0 Å². The molecule has 0 aliphatic carbocycles. The number of nitrogens with zero attached hydrogens (tertiary/aromatic N) is 2. The van der Waals surface area contributed by atoms with Gasteiger partial charge in [-0.05, 0) is 25.0 Å². The lowest BCUT2D eigenvalue weighted by Crippen LogP contribution is -2.28. The molecule has 20 heavy (non-hydrogen) atoms. The maximum absolute atomic E-state index is 11.1. The van der Waals surface area contributed by atoms with E-state index in [-0.39, 0.29) is 11.3 Å². The van der Waals surface area contributed by atoms with Crippen LogP contribution in [0.15, 0.2) is 18.2 Å². The van der Waals surface area contributed by atoms with Gasteiger partial charge in [0.2, 0.25) is 0 Å². The molecule has 1 atom stereocenters. The molecule has 0 radical (unpaired) electrons. The lowest BCUT2D eigenvalue weighted by Gasteiger charge is -2.26. The summed E-state index contributed by atoms with van der Waals surface area (Å²) in [5, 5.41) is 19.9. The first kappa shape index (κ1) is 15.9. The molecule has 0 fully saturated rings. The Bertz CT molecular complexity index is 502. The Hall–Kier alpha value is -2.11. The van der Waals surface area contributed by atoms with Crippen LogP contribution in [0.5, 0.6) is 0 Å². The third kappa shape index (κ3) is 3.69. The van der Waals surface area contributed by atoms with Crippen molar-refractivity contribution in [3.63, 3.8) is 0 Å². The summed E-state index contributed by atoms with van der Waals surface area (Å²) in [5.74, 6) is -0.809. The molecule has 0 bridgehead atoms. The second kappa shape index (κ2) is 6.88. The van der Waals surface area contributed by atoms with E-state index in [9.17, 15) is 14.9 Å². The Labute approximate surface area is 118 Å². The van der Waals surface area contributed by atoms with Gasteiger partial charge < -0.3 is 10.0 Å². The van der Waals surface area contributed by atoms with Gasteiger partial charge in [0.25, 0.3) is 5.69 Å². The molecule has 6 heteroatoms. The molecule has 0 heterocycles. The second-order valence-electron chi connectivity index (χ2n) is 4.82. The van der Waals surface area contributed by atoms with Crippen LogP contribution in [0.1, 0.15) is 37.6 Å². The number of nitro groups is 1. The fraction of sp³-hybridized carbons (Fsp3) is 0.500. The summed E-state index contributed by atoms with van der Waals surface area (Å²) >= 11 is 0. The summed E-state index contributed by atoms with van der Waals surface area (Å²) in [6.45, 7) is 7.71. The lowest BCUT2D eigenvalue weighted by atomic mass is 10.1. The van der Waals surface area contributed by atoms with Crippen LogP contribution < -0.4 is 4.90 Å². The monoisotopic (exact) mass is 280 g/mol. The second-order valence-corrected chi connectivity index (χ2v) is 4.82. The van der Waals surface area contributed by atoms with Crippen molar-refractivity contribution in [3.8, 4) is 0 Å². The number of carboxylic acids is 1. The van der Waals surface area contributed by atoms with E-state index in [0.29, 0.717) is 11.6 Å². The zero-order chi connectivity index (χ0) is 15.3. The highest BCUT2D eigenvalue weighted by Gasteiger charge is 2.21. The van der Waals surface area contributed by atoms with Gasteiger partial charge in [0.1, 0.15) is 5.56 Å². The van der Waals surface area contributed by atoms with Gasteiger partial charge in [0, 0.05) is 24.8 Å². The average molecular weight is 280 g/mol. The summed E-state index contributed by atoms with van der Waals surface area (Å²) in [6, 6.07) is 4.25. The fourth-order valence-electron chi connectivity index (χ4n) is 1.97. The third-order valence-corrected chi connectivity index (χ3v) is 3.38. The highest BCUT2D eigenvalue weighted by atomic mass is 16.6. The zero-order valence-electron chi connectivity index (χ0n) is 12.0. The molecule has 0 saturated heterocycles.